The van der Waals surface area contributed by atoms with Gasteiger partial charge in [-0.05, 0) is 49.1 Å². The van der Waals surface area contributed by atoms with Crippen molar-refractivity contribution in [2.75, 3.05) is 13.1 Å². The number of nitrogens with one attached hydrogen (secondary N) is 1. The Bertz CT molecular complexity index is 698. The number of nitrogens with zero attached hydrogens (tertiary/aromatic N) is 1. The van der Waals surface area contributed by atoms with E-state index < -0.39 is 0 Å². The van der Waals surface area contributed by atoms with E-state index >= 15 is 0 Å². The number of likely N-dealkylation sites (tertiary alicyclic amines) is 1. The third-order valence-corrected chi connectivity index (χ3v) is 4.69. The Morgan fingerprint density at radius 3 is 2.62 bits per heavy atom. The first-order chi connectivity index (χ1) is 11.5. The van der Waals surface area contributed by atoms with Crippen molar-refractivity contribution in [3.63, 3.8) is 0 Å². The zero-order chi connectivity index (χ0) is 17.0. The van der Waals surface area contributed by atoms with E-state index in [0.717, 1.165) is 32.5 Å². The highest BCUT2D eigenvalue weighted by Crippen LogP contribution is 2.24. The summed E-state index contributed by atoms with van der Waals surface area (Å²) in [5, 5.41) is 3.13. The molecule has 0 bridgehead atoms. The Morgan fingerprint density at radius 2 is 1.88 bits per heavy atom. The summed E-state index contributed by atoms with van der Waals surface area (Å²) in [5.74, 6) is 0.0606. The van der Waals surface area contributed by atoms with E-state index in [0.29, 0.717) is 0 Å². The molecule has 1 atom stereocenters. The van der Waals surface area contributed by atoms with Gasteiger partial charge < -0.3 is 5.32 Å². The van der Waals surface area contributed by atoms with Gasteiger partial charge in [0.05, 0.1) is 0 Å². The number of carbonyl (C=O) groups is 1. The van der Waals surface area contributed by atoms with E-state index in [2.05, 4.69) is 65.7 Å². The maximum atomic E-state index is 11.5. The van der Waals surface area contributed by atoms with Gasteiger partial charge in [-0.25, -0.2) is 0 Å². The standard InChI is InChI=1S/C21H26N2O/c1-17(24)22-21(2)12-7-13-23(16-21)15-18-8-6-11-20(14-18)19-9-4-3-5-10-19/h3-6,8-11,14H,7,12-13,15-16H2,1-2H3,(H,22,24). The highest BCUT2D eigenvalue weighted by molar-refractivity contribution is 5.73. The minimum Gasteiger partial charge on any atom is -0.350 e. The van der Waals surface area contributed by atoms with Crippen LogP contribution >= 0.6 is 0 Å². The zero-order valence-corrected chi connectivity index (χ0v) is 14.6. The molecule has 2 aromatic rings. The maximum absolute atomic E-state index is 11.5. The topological polar surface area (TPSA) is 32.3 Å². The van der Waals surface area contributed by atoms with Crippen LogP contribution in [0.15, 0.2) is 54.6 Å². The molecule has 126 valence electrons. The van der Waals surface area contributed by atoms with Crippen LogP contribution in [0.2, 0.25) is 0 Å². The van der Waals surface area contributed by atoms with Crippen molar-refractivity contribution in [2.24, 2.45) is 0 Å². The van der Waals surface area contributed by atoms with Crippen molar-refractivity contribution < 1.29 is 4.79 Å². The molecule has 1 saturated heterocycles. The lowest BCUT2D eigenvalue weighted by atomic mass is 9.90. The predicted molar refractivity (Wildman–Crippen MR) is 98.6 cm³/mol. The summed E-state index contributed by atoms with van der Waals surface area (Å²) >= 11 is 0. The van der Waals surface area contributed by atoms with Gasteiger partial charge in [0, 0.05) is 25.6 Å². The number of carbonyl (C=O) groups excluding carboxylic acids is 1. The molecule has 1 heterocycles. The number of hydrogen-bond acceptors (Lipinski definition) is 2. The second-order valence-electron chi connectivity index (χ2n) is 7.12. The normalized spacial score (nSPS) is 21.4. The molecule has 1 aliphatic rings. The Balaban J connectivity index is 1.71. The molecule has 0 saturated carbocycles. The van der Waals surface area contributed by atoms with Crippen LogP contribution in [0, 0.1) is 0 Å². The summed E-state index contributed by atoms with van der Waals surface area (Å²) < 4.78 is 0. The fraction of sp³-hybridized carbons (Fsp3) is 0.381. The molecule has 1 aliphatic heterocycles. The lowest BCUT2D eigenvalue weighted by molar-refractivity contribution is -0.121. The number of amides is 1. The molecule has 24 heavy (non-hydrogen) atoms. The van der Waals surface area contributed by atoms with Crippen LogP contribution in [0.5, 0.6) is 0 Å². The van der Waals surface area contributed by atoms with Crippen LogP contribution in [0.3, 0.4) is 0 Å². The largest absolute Gasteiger partial charge is 0.350 e. The first kappa shape index (κ1) is 16.7. The summed E-state index contributed by atoms with van der Waals surface area (Å²) in [6, 6.07) is 19.3. The quantitative estimate of drug-likeness (QED) is 0.927. The summed E-state index contributed by atoms with van der Waals surface area (Å²) in [6.07, 6.45) is 2.17. The molecule has 0 aromatic heterocycles. The molecule has 0 aliphatic carbocycles. The van der Waals surface area contributed by atoms with Gasteiger partial charge in [-0.1, -0.05) is 48.5 Å². The number of hydrogen-bond donors (Lipinski definition) is 1. The summed E-state index contributed by atoms with van der Waals surface area (Å²) in [7, 11) is 0. The maximum Gasteiger partial charge on any atom is 0.217 e. The first-order valence-corrected chi connectivity index (χ1v) is 8.70. The summed E-state index contributed by atoms with van der Waals surface area (Å²) in [4.78, 5) is 13.9. The SMILES string of the molecule is CC(=O)NC1(C)CCCN(Cc2cccc(-c3ccccc3)c2)C1. The van der Waals surface area contributed by atoms with Gasteiger partial charge >= 0.3 is 0 Å². The first-order valence-electron chi connectivity index (χ1n) is 8.70. The van der Waals surface area contributed by atoms with Gasteiger partial charge in [-0.2, -0.15) is 0 Å². The third-order valence-electron chi connectivity index (χ3n) is 4.69. The number of piperidine rings is 1. The molecule has 1 unspecified atom stereocenters. The van der Waals surface area contributed by atoms with Crippen LogP contribution in [0.1, 0.15) is 32.3 Å². The van der Waals surface area contributed by atoms with Crippen LogP contribution in [-0.4, -0.2) is 29.4 Å². The molecule has 0 spiro atoms. The molecule has 0 radical (unpaired) electrons. The van der Waals surface area contributed by atoms with E-state index in [1.54, 1.807) is 6.92 Å². The van der Waals surface area contributed by atoms with Crippen molar-refractivity contribution in [3.05, 3.63) is 60.2 Å². The molecule has 1 fully saturated rings. The molecule has 3 rings (SSSR count). The zero-order valence-electron chi connectivity index (χ0n) is 14.6. The van der Waals surface area contributed by atoms with Crippen molar-refractivity contribution >= 4 is 5.91 Å². The predicted octanol–water partition coefficient (Wildman–Crippen LogP) is 3.84. The summed E-state index contributed by atoms with van der Waals surface area (Å²) in [5.41, 5.74) is 3.72. The van der Waals surface area contributed by atoms with E-state index in [4.69, 9.17) is 0 Å². The van der Waals surface area contributed by atoms with Crippen LogP contribution < -0.4 is 5.32 Å². The van der Waals surface area contributed by atoms with Gasteiger partial charge in [0.15, 0.2) is 0 Å². The second kappa shape index (κ2) is 7.18. The van der Waals surface area contributed by atoms with Gasteiger partial charge in [-0.3, -0.25) is 9.69 Å². The minimum atomic E-state index is -0.110. The van der Waals surface area contributed by atoms with Crippen LogP contribution in [0.4, 0.5) is 0 Å². The van der Waals surface area contributed by atoms with Gasteiger partial charge in [0.2, 0.25) is 5.91 Å². The molecule has 3 heteroatoms. The Hall–Kier alpha value is -2.13. The van der Waals surface area contributed by atoms with Crippen LogP contribution in [-0.2, 0) is 11.3 Å². The van der Waals surface area contributed by atoms with Gasteiger partial charge in [0.1, 0.15) is 0 Å². The molecule has 3 nitrogen and oxygen atoms in total. The highest BCUT2D eigenvalue weighted by Gasteiger charge is 2.31. The van der Waals surface area contributed by atoms with Crippen molar-refractivity contribution in [2.45, 2.75) is 38.8 Å². The Kier molecular flexibility index (Phi) is 5.00. The number of rotatable bonds is 4. The highest BCUT2D eigenvalue weighted by atomic mass is 16.1. The minimum absolute atomic E-state index is 0.0606. The lowest BCUT2D eigenvalue weighted by Gasteiger charge is -2.41. The van der Waals surface area contributed by atoms with E-state index in [9.17, 15) is 4.79 Å². The Labute approximate surface area is 144 Å². The average molecular weight is 322 g/mol. The van der Waals surface area contributed by atoms with Crippen LogP contribution in [0.25, 0.3) is 11.1 Å². The fourth-order valence-electron chi connectivity index (χ4n) is 3.74. The molecule has 1 amide bonds. The average Bonchev–Trinajstić information content (AvgIpc) is 2.55. The monoisotopic (exact) mass is 322 g/mol. The molecule has 2 aromatic carbocycles. The summed E-state index contributed by atoms with van der Waals surface area (Å²) in [6.45, 7) is 6.68. The van der Waals surface area contributed by atoms with E-state index in [-0.39, 0.29) is 11.4 Å². The van der Waals surface area contributed by atoms with Crippen molar-refractivity contribution in [1.82, 2.24) is 10.2 Å². The molecular weight excluding hydrogens is 296 g/mol. The molecule has 1 N–H and O–H groups in total. The van der Waals surface area contributed by atoms with Crippen molar-refractivity contribution in [1.29, 1.82) is 0 Å². The van der Waals surface area contributed by atoms with E-state index in [1.165, 1.54) is 16.7 Å². The fourth-order valence-corrected chi connectivity index (χ4v) is 3.74. The lowest BCUT2D eigenvalue weighted by Crippen LogP contribution is -2.56. The van der Waals surface area contributed by atoms with E-state index in [1.807, 2.05) is 6.07 Å². The molecular formula is C21H26N2O. The smallest absolute Gasteiger partial charge is 0.217 e. The number of benzene rings is 2. The second-order valence-corrected chi connectivity index (χ2v) is 7.12. The third kappa shape index (κ3) is 4.24. The van der Waals surface area contributed by atoms with Crippen molar-refractivity contribution in [3.8, 4) is 11.1 Å². The Morgan fingerprint density at radius 1 is 1.12 bits per heavy atom. The van der Waals surface area contributed by atoms with Gasteiger partial charge in [0.25, 0.3) is 0 Å². The van der Waals surface area contributed by atoms with Gasteiger partial charge in [-0.15, -0.1) is 0 Å².